The first-order chi connectivity index (χ1) is 17.4. The molecular weight excluding hydrogens is 462 g/mol. The predicted molar refractivity (Wildman–Crippen MR) is 134 cm³/mol. The number of aliphatic carboxylic acids is 1. The Balaban J connectivity index is 1.60. The molecule has 1 aliphatic carbocycles. The highest BCUT2D eigenvalue weighted by Gasteiger charge is 2.35. The Morgan fingerprint density at radius 3 is 2.67 bits per heavy atom. The molecule has 3 aliphatic rings. The van der Waals surface area contributed by atoms with Crippen molar-refractivity contribution in [1.82, 2.24) is 9.55 Å². The maximum absolute atomic E-state index is 12.6. The lowest BCUT2D eigenvalue weighted by molar-refractivity contribution is -0.143. The number of ether oxygens (including phenoxy) is 3. The number of amides is 1. The highest BCUT2D eigenvalue weighted by atomic mass is 16.5. The van der Waals surface area contributed by atoms with Crippen LogP contribution in [0.3, 0.4) is 0 Å². The first-order valence-electron chi connectivity index (χ1n) is 13.3. The summed E-state index contributed by atoms with van der Waals surface area (Å²) < 4.78 is 19.3. The number of methoxy groups -OCH3 is 1. The number of aromatic nitrogens is 2. The zero-order valence-electron chi connectivity index (χ0n) is 21.4. The maximum atomic E-state index is 12.6. The molecule has 0 radical (unpaired) electrons. The quantitative estimate of drug-likeness (QED) is 0.616. The minimum atomic E-state index is -0.725. The number of rotatable bonds is 5. The average molecular weight is 500 g/mol. The van der Waals surface area contributed by atoms with Crippen LogP contribution in [0, 0.1) is 5.92 Å². The van der Waals surface area contributed by atoms with E-state index in [1.807, 2.05) is 26.0 Å². The Kier molecular flexibility index (Phi) is 7.21. The van der Waals surface area contributed by atoms with Crippen LogP contribution < -0.4 is 4.90 Å². The minimum absolute atomic E-state index is 0.0365. The molecule has 0 bridgehead atoms. The topological polar surface area (TPSA) is 103 Å². The number of carboxylic acids is 1. The summed E-state index contributed by atoms with van der Waals surface area (Å²) in [6, 6.07) is 4.10. The van der Waals surface area contributed by atoms with Gasteiger partial charge in [-0.15, -0.1) is 0 Å². The fourth-order valence-corrected chi connectivity index (χ4v) is 6.25. The van der Waals surface area contributed by atoms with Gasteiger partial charge in [0.2, 0.25) is 0 Å². The Labute approximate surface area is 211 Å². The third-order valence-electron chi connectivity index (χ3n) is 8.14. The Morgan fingerprint density at radius 1 is 1.17 bits per heavy atom. The highest BCUT2D eigenvalue weighted by molar-refractivity contribution is 5.95. The molecule has 4 atom stereocenters. The van der Waals surface area contributed by atoms with Gasteiger partial charge in [0, 0.05) is 30.9 Å². The van der Waals surface area contributed by atoms with Gasteiger partial charge in [0.05, 0.1) is 35.9 Å². The first-order valence-corrected chi connectivity index (χ1v) is 13.3. The normalized spacial score (nSPS) is 26.0. The Bertz CT molecular complexity index is 1120. The number of benzene rings is 1. The summed E-state index contributed by atoms with van der Waals surface area (Å²) in [5.74, 6) is -0.240. The summed E-state index contributed by atoms with van der Waals surface area (Å²) in [6.07, 6.45) is 5.93. The van der Waals surface area contributed by atoms with E-state index in [1.165, 1.54) is 7.11 Å². The van der Waals surface area contributed by atoms with Crippen molar-refractivity contribution in [1.29, 1.82) is 0 Å². The molecule has 1 amide bonds. The predicted octanol–water partition coefficient (Wildman–Crippen LogP) is 5.02. The van der Waals surface area contributed by atoms with Crippen LogP contribution in [0.4, 0.5) is 10.5 Å². The number of imidazole rings is 1. The number of aryl methyl sites for hydroxylation is 1. The molecule has 9 heteroatoms. The van der Waals surface area contributed by atoms with E-state index in [-0.39, 0.29) is 36.3 Å². The second-order valence-corrected chi connectivity index (χ2v) is 10.4. The van der Waals surface area contributed by atoms with Crippen LogP contribution in [-0.2, 0) is 25.4 Å². The van der Waals surface area contributed by atoms with Gasteiger partial charge in [-0.2, -0.15) is 0 Å². The van der Waals surface area contributed by atoms with Crippen LogP contribution in [0.15, 0.2) is 12.1 Å². The van der Waals surface area contributed by atoms with Crippen LogP contribution in [0.25, 0.3) is 11.0 Å². The van der Waals surface area contributed by atoms with E-state index in [0.717, 1.165) is 66.6 Å². The lowest BCUT2D eigenvalue weighted by Crippen LogP contribution is -2.42. The second kappa shape index (κ2) is 10.4. The van der Waals surface area contributed by atoms with Crippen molar-refractivity contribution >= 4 is 28.8 Å². The summed E-state index contributed by atoms with van der Waals surface area (Å²) in [5.41, 5.74) is 3.75. The third kappa shape index (κ3) is 4.59. The summed E-state index contributed by atoms with van der Waals surface area (Å²) in [4.78, 5) is 31.4. The molecule has 1 aromatic heterocycles. The maximum Gasteiger partial charge on any atom is 0.414 e. The molecule has 2 aromatic rings. The highest BCUT2D eigenvalue weighted by Crippen LogP contribution is 2.42. The van der Waals surface area contributed by atoms with Crippen molar-refractivity contribution in [3.63, 3.8) is 0 Å². The van der Waals surface area contributed by atoms with Gasteiger partial charge >= 0.3 is 12.1 Å². The number of nitrogens with zero attached hydrogens (tertiary/aromatic N) is 3. The van der Waals surface area contributed by atoms with Crippen molar-refractivity contribution in [2.45, 2.75) is 89.5 Å². The largest absolute Gasteiger partial charge is 0.481 e. The average Bonchev–Trinajstić information content (AvgIpc) is 3.29. The molecule has 2 fully saturated rings. The number of hydrogen-bond acceptors (Lipinski definition) is 6. The minimum Gasteiger partial charge on any atom is -0.481 e. The Hall–Kier alpha value is -2.65. The van der Waals surface area contributed by atoms with Gasteiger partial charge in [0.1, 0.15) is 11.9 Å². The van der Waals surface area contributed by atoms with E-state index in [2.05, 4.69) is 4.57 Å². The molecule has 1 saturated heterocycles. The molecule has 196 valence electrons. The monoisotopic (exact) mass is 499 g/mol. The number of anilines is 1. The molecule has 9 nitrogen and oxygen atoms in total. The fraction of sp³-hybridized carbons (Fsp3) is 0.667. The van der Waals surface area contributed by atoms with Crippen LogP contribution >= 0.6 is 0 Å². The number of fused-ring (bicyclic) bond motifs is 3. The van der Waals surface area contributed by atoms with Crippen molar-refractivity contribution in [2.75, 3.05) is 25.2 Å². The van der Waals surface area contributed by atoms with E-state index in [9.17, 15) is 14.7 Å². The van der Waals surface area contributed by atoms with Crippen LogP contribution in [0.5, 0.6) is 0 Å². The molecule has 36 heavy (non-hydrogen) atoms. The molecule has 0 unspecified atom stereocenters. The van der Waals surface area contributed by atoms with Crippen LogP contribution in [0.2, 0.25) is 0 Å². The van der Waals surface area contributed by atoms with Crippen LogP contribution in [-0.4, -0.2) is 59.2 Å². The third-order valence-corrected chi connectivity index (χ3v) is 8.14. The van der Waals surface area contributed by atoms with Gasteiger partial charge in [-0.25, -0.2) is 9.78 Å². The summed E-state index contributed by atoms with van der Waals surface area (Å²) in [7, 11) is 1.41. The van der Waals surface area contributed by atoms with E-state index in [1.54, 1.807) is 4.90 Å². The lowest BCUT2D eigenvalue weighted by atomic mass is 9.85. The van der Waals surface area contributed by atoms with E-state index >= 15 is 0 Å². The summed E-state index contributed by atoms with van der Waals surface area (Å²) >= 11 is 0. The van der Waals surface area contributed by atoms with Crippen molar-refractivity contribution in [3.05, 3.63) is 23.5 Å². The molecule has 2 aliphatic heterocycles. The standard InChI is InChI=1S/C27H37N3O6/c1-16-7-8-21-22(29(16)27(33)34-3)9-10-23-24(21)28-25(17(2)36-20-11-13-35-14-12-20)30(23)19-6-4-5-18(15-19)26(31)32/h9-10,16-20H,4-8,11-15H2,1-3H3,(H,31,32)/t16-,17-,18+,19+/m0/s1. The van der Waals surface area contributed by atoms with E-state index in [4.69, 9.17) is 19.2 Å². The number of carboxylic acid groups (broad SMARTS) is 1. The number of hydrogen-bond donors (Lipinski definition) is 1. The van der Waals surface area contributed by atoms with E-state index < -0.39 is 5.97 Å². The molecular formula is C27H37N3O6. The van der Waals surface area contributed by atoms with Gasteiger partial charge in [-0.1, -0.05) is 6.42 Å². The van der Waals surface area contributed by atoms with Crippen LogP contribution in [0.1, 0.15) is 82.3 Å². The van der Waals surface area contributed by atoms with Gasteiger partial charge in [-0.05, 0) is 70.9 Å². The van der Waals surface area contributed by atoms with Gasteiger partial charge < -0.3 is 23.9 Å². The first kappa shape index (κ1) is 25.0. The Morgan fingerprint density at radius 2 is 1.94 bits per heavy atom. The van der Waals surface area contributed by atoms with Gasteiger partial charge in [0.25, 0.3) is 0 Å². The molecule has 1 saturated carbocycles. The molecule has 0 spiro atoms. The van der Waals surface area contributed by atoms with Crippen molar-refractivity contribution < 1.29 is 28.9 Å². The van der Waals surface area contributed by atoms with Gasteiger partial charge in [0.15, 0.2) is 0 Å². The second-order valence-electron chi connectivity index (χ2n) is 10.4. The van der Waals surface area contributed by atoms with Crippen molar-refractivity contribution in [3.8, 4) is 0 Å². The van der Waals surface area contributed by atoms with E-state index in [0.29, 0.717) is 26.1 Å². The van der Waals surface area contributed by atoms with Gasteiger partial charge in [-0.3, -0.25) is 9.69 Å². The fourth-order valence-electron chi connectivity index (χ4n) is 6.25. The SMILES string of the molecule is COC(=O)N1c2ccc3c(nc([C@H](C)OC4CCOCC4)n3[C@@H]3CCC[C@@H](C(=O)O)C3)c2CC[C@@H]1C. The summed E-state index contributed by atoms with van der Waals surface area (Å²) in [6.45, 7) is 5.48. The smallest absolute Gasteiger partial charge is 0.414 e. The number of carbonyl (C=O) groups is 2. The van der Waals surface area contributed by atoms with Crippen molar-refractivity contribution in [2.24, 2.45) is 5.92 Å². The lowest BCUT2D eigenvalue weighted by Gasteiger charge is -2.34. The number of carbonyl (C=O) groups excluding carboxylic acids is 1. The molecule has 5 rings (SSSR count). The zero-order chi connectivity index (χ0) is 25.4. The molecule has 1 N–H and O–H groups in total. The summed E-state index contributed by atoms with van der Waals surface area (Å²) in [5, 5.41) is 9.74. The zero-order valence-corrected chi connectivity index (χ0v) is 21.4. The molecule has 3 heterocycles. The molecule has 1 aromatic carbocycles.